The number of anilines is 1. The Morgan fingerprint density at radius 2 is 1.68 bits per heavy atom. The van der Waals surface area contributed by atoms with E-state index in [1.807, 2.05) is 19.9 Å². The lowest BCUT2D eigenvalue weighted by atomic mass is 10.2. The predicted octanol–water partition coefficient (Wildman–Crippen LogP) is 2.09. The van der Waals surface area contributed by atoms with E-state index in [1.54, 1.807) is 24.3 Å². The second-order valence-electron chi connectivity index (χ2n) is 6.13. The Bertz CT molecular complexity index is 915. The fourth-order valence-electron chi connectivity index (χ4n) is 2.43. The zero-order valence-corrected chi connectivity index (χ0v) is 16.3. The van der Waals surface area contributed by atoms with Gasteiger partial charge in [0.2, 0.25) is 10.0 Å². The topological polar surface area (TPSA) is 92.8 Å². The minimum absolute atomic E-state index is 0.161. The van der Waals surface area contributed by atoms with E-state index in [1.165, 1.54) is 4.90 Å². The van der Waals surface area contributed by atoms with Crippen molar-refractivity contribution in [2.24, 2.45) is 0 Å². The molecule has 0 unspecified atom stereocenters. The second kappa shape index (κ2) is 9.43. The monoisotopic (exact) mass is 408 g/mol. The van der Waals surface area contributed by atoms with Crippen molar-refractivity contribution in [3.8, 4) is 0 Å². The van der Waals surface area contributed by atoms with Crippen LogP contribution in [-0.2, 0) is 24.3 Å². The van der Waals surface area contributed by atoms with Gasteiger partial charge < -0.3 is 9.64 Å². The third-order valence-electron chi connectivity index (χ3n) is 3.71. The maximum Gasteiger partial charge on any atom is 0.321 e. The summed E-state index contributed by atoms with van der Waals surface area (Å²) in [6, 6.07) is 12.9. The summed E-state index contributed by atoms with van der Waals surface area (Å²) in [7, 11) is -4.00. The molecule has 0 aliphatic carbocycles. The van der Waals surface area contributed by atoms with E-state index < -0.39 is 40.9 Å². The van der Waals surface area contributed by atoms with Crippen molar-refractivity contribution < 1.29 is 27.1 Å². The highest BCUT2D eigenvalue weighted by Gasteiger charge is 2.21. The van der Waals surface area contributed by atoms with Gasteiger partial charge in [-0.25, -0.2) is 12.8 Å². The molecule has 0 radical (unpaired) electrons. The van der Waals surface area contributed by atoms with Crippen LogP contribution in [0.25, 0.3) is 0 Å². The van der Waals surface area contributed by atoms with Crippen LogP contribution in [0, 0.1) is 5.82 Å². The van der Waals surface area contributed by atoms with Gasteiger partial charge in [-0.3, -0.25) is 9.59 Å². The number of esters is 1. The molecule has 9 heteroatoms. The molecule has 150 valence electrons. The van der Waals surface area contributed by atoms with Gasteiger partial charge in [-0.05, 0) is 50.2 Å². The van der Waals surface area contributed by atoms with E-state index in [-0.39, 0.29) is 10.9 Å². The average Bonchev–Trinajstić information content (AvgIpc) is 2.66. The number of carbonyl (C=O) groups is 2. The number of hydrogen-bond donors (Lipinski definition) is 1. The molecular formula is C19H21FN2O5S. The summed E-state index contributed by atoms with van der Waals surface area (Å²) in [5, 5.41) is 0. The molecule has 0 bridgehead atoms. The van der Waals surface area contributed by atoms with Gasteiger partial charge in [0.1, 0.15) is 12.4 Å². The van der Waals surface area contributed by atoms with Gasteiger partial charge in [-0.15, -0.1) is 0 Å². The lowest BCUT2D eigenvalue weighted by Crippen LogP contribution is -2.40. The number of ether oxygens (including phenoxy) is 1. The smallest absolute Gasteiger partial charge is 0.321 e. The van der Waals surface area contributed by atoms with Crippen molar-refractivity contribution in [2.75, 3.05) is 18.1 Å². The maximum absolute atomic E-state index is 12.9. The number of sulfonamides is 1. The summed E-state index contributed by atoms with van der Waals surface area (Å²) in [5.74, 6) is -1.92. The van der Waals surface area contributed by atoms with Crippen LogP contribution in [0.2, 0.25) is 0 Å². The van der Waals surface area contributed by atoms with Gasteiger partial charge in [0.15, 0.2) is 6.61 Å². The molecule has 0 atom stereocenters. The third-order valence-corrected chi connectivity index (χ3v) is 5.12. The van der Waals surface area contributed by atoms with E-state index in [0.717, 1.165) is 24.3 Å². The summed E-state index contributed by atoms with van der Waals surface area (Å²) in [6.45, 7) is 2.47. The van der Waals surface area contributed by atoms with Gasteiger partial charge in [-0.1, -0.05) is 18.2 Å². The summed E-state index contributed by atoms with van der Waals surface area (Å²) >= 11 is 0. The molecule has 1 N–H and O–H groups in total. The second-order valence-corrected chi connectivity index (χ2v) is 7.90. The Kier molecular flexibility index (Phi) is 7.24. The molecular weight excluding hydrogens is 387 g/mol. The molecule has 1 amide bonds. The van der Waals surface area contributed by atoms with Crippen LogP contribution in [0.5, 0.6) is 0 Å². The Balaban J connectivity index is 1.90. The molecule has 7 nitrogen and oxygen atoms in total. The van der Waals surface area contributed by atoms with Crippen LogP contribution in [-0.4, -0.2) is 39.5 Å². The first-order valence-electron chi connectivity index (χ1n) is 8.48. The van der Waals surface area contributed by atoms with E-state index in [2.05, 4.69) is 4.72 Å². The third kappa shape index (κ3) is 5.86. The van der Waals surface area contributed by atoms with Gasteiger partial charge in [0, 0.05) is 11.7 Å². The van der Waals surface area contributed by atoms with Crippen molar-refractivity contribution in [2.45, 2.75) is 24.8 Å². The van der Waals surface area contributed by atoms with Crippen LogP contribution in [0.4, 0.5) is 10.1 Å². The molecule has 0 spiro atoms. The quantitative estimate of drug-likeness (QED) is 0.675. The number of hydrogen-bond acceptors (Lipinski definition) is 5. The summed E-state index contributed by atoms with van der Waals surface area (Å²) < 4.78 is 43.9. The number of nitrogens with zero attached hydrogens (tertiary/aromatic N) is 1. The number of para-hydroxylation sites is 1. The molecule has 0 saturated heterocycles. The minimum atomic E-state index is -4.00. The predicted molar refractivity (Wildman–Crippen MR) is 102 cm³/mol. The average molecular weight is 408 g/mol. The van der Waals surface area contributed by atoms with Crippen molar-refractivity contribution in [1.82, 2.24) is 4.72 Å². The molecule has 0 saturated carbocycles. The number of halogens is 1. The van der Waals surface area contributed by atoms with E-state index in [0.29, 0.717) is 5.69 Å². The lowest BCUT2D eigenvalue weighted by molar-refractivity contribution is -0.146. The minimum Gasteiger partial charge on any atom is -0.455 e. The van der Waals surface area contributed by atoms with Gasteiger partial charge in [-0.2, -0.15) is 4.72 Å². The number of rotatable bonds is 8. The zero-order chi connectivity index (χ0) is 20.7. The van der Waals surface area contributed by atoms with Gasteiger partial charge >= 0.3 is 5.97 Å². The highest BCUT2D eigenvalue weighted by atomic mass is 32.2. The Labute approximate surface area is 163 Å². The molecule has 0 aliphatic heterocycles. The number of amides is 1. The van der Waals surface area contributed by atoms with Crippen LogP contribution < -0.4 is 9.62 Å². The Morgan fingerprint density at radius 3 is 2.25 bits per heavy atom. The normalized spacial score (nSPS) is 11.3. The van der Waals surface area contributed by atoms with Crippen LogP contribution in [0.1, 0.15) is 13.8 Å². The first kappa shape index (κ1) is 21.5. The van der Waals surface area contributed by atoms with Crippen molar-refractivity contribution in [3.63, 3.8) is 0 Å². The van der Waals surface area contributed by atoms with E-state index in [4.69, 9.17) is 4.74 Å². The van der Waals surface area contributed by atoms with Gasteiger partial charge in [0.05, 0.1) is 4.90 Å². The Hall–Kier alpha value is -2.78. The summed E-state index contributed by atoms with van der Waals surface area (Å²) in [6.07, 6.45) is 0. The molecule has 0 fully saturated rings. The van der Waals surface area contributed by atoms with Crippen molar-refractivity contribution >= 4 is 27.6 Å². The largest absolute Gasteiger partial charge is 0.455 e. The maximum atomic E-state index is 12.9. The van der Waals surface area contributed by atoms with Crippen LogP contribution in [0.15, 0.2) is 59.5 Å². The molecule has 2 rings (SSSR count). The first-order chi connectivity index (χ1) is 13.2. The number of carbonyl (C=O) groups excluding carboxylic acids is 2. The van der Waals surface area contributed by atoms with Crippen LogP contribution in [0.3, 0.4) is 0 Å². The molecule has 2 aromatic carbocycles. The van der Waals surface area contributed by atoms with E-state index in [9.17, 15) is 22.4 Å². The summed E-state index contributed by atoms with van der Waals surface area (Å²) in [5.41, 5.74) is 0.663. The van der Waals surface area contributed by atoms with E-state index >= 15 is 0 Å². The lowest BCUT2D eigenvalue weighted by Gasteiger charge is -2.26. The van der Waals surface area contributed by atoms with Gasteiger partial charge in [0.25, 0.3) is 5.91 Å². The fourth-order valence-corrected chi connectivity index (χ4v) is 3.40. The first-order valence-corrected chi connectivity index (χ1v) is 9.97. The standard InChI is InChI=1S/C19H21FN2O5S/c1-14(2)22(16-6-4-3-5-7-16)18(23)13-27-19(24)12-21-28(25,26)17-10-8-15(20)9-11-17/h3-11,14,21H,12-13H2,1-2H3. The molecule has 28 heavy (non-hydrogen) atoms. The van der Waals surface area contributed by atoms with Crippen molar-refractivity contribution in [1.29, 1.82) is 0 Å². The highest BCUT2D eigenvalue weighted by Crippen LogP contribution is 2.16. The number of benzene rings is 2. The van der Waals surface area contributed by atoms with Crippen molar-refractivity contribution in [3.05, 3.63) is 60.4 Å². The highest BCUT2D eigenvalue weighted by molar-refractivity contribution is 7.89. The molecule has 0 aromatic heterocycles. The summed E-state index contributed by atoms with van der Waals surface area (Å²) in [4.78, 5) is 25.5. The zero-order valence-electron chi connectivity index (χ0n) is 15.5. The van der Waals surface area contributed by atoms with Crippen LogP contribution >= 0.6 is 0 Å². The fraction of sp³-hybridized carbons (Fsp3) is 0.263. The number of nitrogens with one attached hydrogen (secondary N) is 1. The SMILES string of the molecule is CC(C)N(C(=O)COC(=O)CNS(=O)(=O)c1ccc(F)cc1)c1ccccc1. The Morgan fingerprint density at radius 1 is 1.07 bits per heavy atom. The molecule has 2 aromatic rings. The molecule has 0 heterocycles. The molecule has 0 aliphatic rings.